The fraction of sp³-hybridized carbons (Fsp3) is 0.360. The Morgan fingerprint density at radius 3 is 2.54 bits per heavy atom. The Morgan fingerprint density at radius 2 is 1.80 bits per heavy atom. The molecule has 1 amide bonds. The van der Waals surface area contributed by atoms with Crippen LogP contribution in [0.15, 0.2) is 59.0 Å². The fourth-order valence-electron chi connectivity index (χ4n) is 4.61. The van der Waals surface area contributed by atoms with E-state index in [0.29, 0.717) is 28.5 Å². The monoisotopic (exact) mass is 495 g/mol. The summed E-state index contributed by atoms with van der Waals surface area (Å²) in [5, 5.41) is 5.19. The van der Waals surface area contributed by atoms with Crippen molar-refractivity contribution in [3.63, 3.8) is 0 Å². The van der Waals surface area contributed by atoms with Crippen molar-refractivity contribution in [3.8, 4) is 5.75 Å². The summed E-state index contributed by atoms with van der Waals surface area (Å²) in [7, 11) is 7.41. The van der Waals surface area contributed by atoms with Gasteiger partial charge in [0.1, 0.15) is 17.3 Å². The Morgan fingerprint density at radius 1 is 1.06 bits per heavy atom. The molecule has 9 nitrogen and oxygen atoms in total. The summed E-state index contributed by atoms with van der Waals surface area (Å²) in [6.45, 7) is 3.98. The molecule has 1 unspecified atom stereocenters. The van der Waals surface area contributed by atoms with Gasteiger partial charge < -0.3 is 35.0 Å². The van der Waals surface area contributed by atoms with Gasteiger partial charge in [-0.2, -0.15) is 0 Å². The number of carbonyl (C=O) groups excluding carboxylic acids is 1. The van der Waals surface area contributed by atoms with Crippen LogP contribution in [0, 0.1) is 0 Å². The number of alkyl halides is 1. The van der Waals surface area contributed by atoms with E-state index >= 15 is 0 Å². The molecule has 0 spiro atoms. The van der Waals surface area contributed by atoms with Crippen LogP contribution in [-0.2, 0) is 0 Å². The number of hydrogen-bond donors (Lipinski definition) is 2. The number of carbonyl (C=O) groups is 1. The second-order valence-corrected chi connectivity index (χ2v) is 9.53. The van der Waals surface area contributed by atoms with Crippen LogP contribution in [0.4, 0.5) is 17.1 Å². The van der Waals surface area contributed by atoms with E-state index in [-0.39, 0.29) is 5.91 Å². The molecule has 1 atom stereocenters. The zero-order chi connectivity index (χ0) is 24.7. The number of nitrogens with zero attached hydrogens (tertiary/aromatic N) is 5. The maximum Gasteiger partial charge on any atom is 0.288 e. The van der Waals surface area contributed by atoms with E-state index in [9.17, 15) is 4.79 Å². The Kier molecular flexibility index (Phi) is 5.98. The van der Waals surface area contributed by atoms with E-state index in [0.717, 1.165) is 37.6 Å². The standard InChI is InChI=1S/C25H30ClN7O2/c1-30-11-13-33(14-12-30)17-9-10-19(22(15-17)35-4)28-25(26)27-16-21-23(29-25)31(2)20-8-6-5-7-18(20)24(34)32(21)3/h5-10,15-16,28-29H,11-14H2,1-4H3. The summed E-state index contributed by atoms with van der Waals surface area (Å²) < 4.78 is 5.70. The summed E-state index contributed by atoms with van der Waals surface area (Å²) in [4.78, 5) is 25.8. The van der Waals surface area contributed by atoms with Gasteiger partial charge in [0, 0.05) is 52.0 Å². The first-order chi connectivity index (χ1) is 16.8. The molecule has 1 saturated heterocycles. The molecule has 2 aromatic carbocycles. The lowest BCUT2D eigenvalue weighted by atomic mass is 10.1. The van der Waals surface area contributed by atoms with Crippen LogP contribution in [0.25, 0.3) is 0 Å². The number of piperazine rings is 1. The number of methoxy groups -OCH3 is 1. The SMILES string of the molecule is COc1cc(N2CCN(C)CC2)ccc1NC1(Cl)N=CC2=C(N1)N(C)c1ccccc1C(=O)N2C. The first-order valence-corrected chi connectivity index (χ1v) is 11.9. The van der Waals surface area contributed by atoms with Gasteiger partial charge in [0.25, 0.3) is 11.2 Å². The predicted molar refractivity (Wildman–Crippen MR) is 141 cm³/mol. The third kappa shape index (κ3) is 4.26. The maximum atomic E-state index is 13.1. The molecule has 2 N–H and O–H groups in total. The minimum atomic E-state index is -1.38. The van der Waals surface area contributed by atoms with E-state index in [1.54, 1.807) is 25.3 Å². The first-order valence-electron chi connectivity index (χ1n) is 11.6. The molecule has 10 heteroatoms. The van der Waals surface area contributed by atoms with Crippen LogP contribution in [0.3, 0.4) is 0 Å². The van der Waals surface area contributed by atoms with E-state index in [1.165, 1.54) is 0 Å². The van der Waals surface area contributed by atoms with Crippen LogP contribution >= 0.6 is 11.6 Å². The van der Waals surface area contributed by atoms with E-state index in [2.05, 4.69) is 38.5 Å². The van der Waals surface area contributed by atoms with Crippen molar-refractivity contribution < 1.29 is 9.53 Å². The molecule has 184 valence electrons. The smallest absolute Gasteiger partial charge is 0.288 e. The van der Waals surface area contributed by atoms with Crippen LogP contribution in [-0.4, -0.2) is 81.6 Å². The summed E-state index contributed by atoms with van der Waals surface area (Å²) in [5.41, 5.74) is 3.83. The topological polar surface area (TPSA) is 75.7 Å². The maximum absolute atomic E-state index is 13.1. The Bertz CT molecular complexity index is 1210. The van der Waals surface area contributed by atoms with Gasteiger partial charge >= 0.3 is 0 Å². The molecule has 0 saturated carbocycles. The van der Waals surface area contributed by atoms with Crippen LogP contribution < -0.4 is 25.2 Å². The van der Waals surface area contributed by atoms with Crippen molar-refractivity contribution in [1.29, 1.82) is 0 Å². The van der Waals surface area contributed by atoms with Crippen molar-refractivity contribution >= 4 is 40.8 Å². The number of benzene rings is 2. The molecule has 3 heterocycles. The molecule has 35 heavy (non-hydrogen) atoms. The lowest BCUT2D eigenvalue weighted by Gasteiger charge is -2.37. The van der Waals surface area contributed by atoms with Crippen LogP contribution in [0.2, 0.25) is 0 Å². The third-order valence-electron chi connectivity index (χ3n) is 6.74. The van der Waals surface area contributed by atoms with Crippen molar-refractivity contribution in [2.24, 2.45) is 4.99 Å². The normalized spacial score (nSPS) is 22.4. The van der Waals surface area contributed by atoms with E-state index in [4.69, 9.17) is 16.3 Å². The first kappa shape index (κ1) is 23.3. The minimum absolute atomic E-state index is 0.109. The fourth-order valence-corrected chi connectivity index (χ4v) is 4.85. The minimum Gasteiger partial charge on any atom is -0.495 e. The molecule has 2 aromatic rings. The number of fused-ring (bicyclic) bond motifs is 1. The number of allylic oxidation sites excluding steroid dienone is 1. The number of ether oxygens (including phenoxy) is 1. The van der Waals surface area contributed by atoms with Crippen molar-refractivity contribution in [2.45, 2.75) is 5.25 Å². The number of anilines is 3. The lowest BCUT2D eigenvalue weighted by molar-refractivity contribution is 0.0844. The van der Waals surface area contributed by atoms with Crippen molar-refractivity contribution in [3.05, 3.63) is 59.5 Å². The number of likely N-dealkylation sites (N-methyl/N-ethyl adjacent to an activating group) is 1. The van der Waals surface area contributed by atoms with Crippen molar-refractivity contribution in [2.75, 3.05) is 69.5 Å². The highest BCUT2D eigenvalue weighted by atomic mass is 35.5. The molecular weight excluding hydrogens is 466 g/mol. The van der Waals surface area contributed by atoms with E-state index in [1.807, 2.05) is 48.3 Å². The van der Waals surface area contributed by atoms with Gasteiger partial charge in [0.05, 0.1) is 30.3 Å². The number of rotatable bonds is 4. The largest absolute Gasteiger partial charge is 0.495 e. The predicted octanol–water partition coefficient (Wildman–Crippen LogP) is 2.77. The molecule has 3 aliphatic rings. The summed E-state index contributed by atoms with van der Waals surface area (Å²) in [5.74, 6) is 1.23. The molecule has 5 rings (SSSR count). The van der Waals surface area contributed by atoms with Gasteiger partial charge in [0.15, 0.2) is 0 Å². The average molecular weight is 496 g/mol. The number of aliphatic imine (C=N–C) groups is 1. The summed E-state index contributed by atoms with van der Waals surface area (Å²) in [6, 6.07) is 13.5. The number of hydrogen-bond acceptors (Lipinski definition) is 8. The Labute approximate surface area is 210 Å². The highest BCUT2D eigenvalue weighted by molar-refractivity contribution is 6.25. The number of nitrogens with one attached hydrogen (secondary N) is 2. The van der Waals surface area contributed by atoms with E-state index < -0.39 is 5.25 Å². The number of amides is 1. The van der Waals surface area contributed by atoms with Gasteiger partial charge in [-0.05, 0) is 42.9 Å². The average Bonchev–Trinajstić information content (AvgIpc) is 2.94. The summed E-state index contributed by atoms with van der Waals surface area (Å²) in [6.07, 6.45) is 1.62. The highest BCUT2D eigenvalue weighted by Gasteiger charge is 2.38. The lowest BCUT2D eigenvalue weighted by Crippen LogP contribution is -2.51. The van der Waals surface area contributed by atoms with Crippen LogP contribution in [0.1, 0.15) is 10.4 Å². The number of para-hydroxylation sites is 1. The van der Waals surface area contributed by atoms with Crippen LogP contribution in [0.5, 0.6) is 5.75 Å². The molecule has 3 aliphatic heterocycles. The summed E-state index contributed by atoms with van der Waals surface area (Å²) >= 11 is 6.94. The Balaban J connectivity index is 1.41. The molecule has 0 bridgehead atoms. The van der Waals surface area contributed by atoms with Crippen molar-refractivity contribution in [1.82, 2.24) is 15.1 Å². The molecule has 1 fully saturated rings. The quantitative estimate of drug-likeness (QED) is 0.499. The van der Waals surface area contributed by atoms with Gasteiger partial charge in [-0.15, -0.1) is 0 Å². The zero-order valence-corrected chi connectivity index (χ0v) is 21.1. The van der Waals surface area contributed by atoms with Gasteiger partial charge in [-0.25, -0.2) is 4.99 Å². The highest BCUT2D eigenvalue weighted by Crippen LogP contribution is 2.36. The number of halogens is 1. The molecule has 0 aromatic heterocycles. The third-order valence-corrected chi connectivity index (χ3v) is 7.03. The second kappa shape index (κ2) is 8.98. The second-order valence-electron chi connectivity index (χ2n) is 8.98. The van der Waals surface area contributed by atoms with Gasteiger partial charge in [0.2, 0.25) is 0 Å². The zero-order valence-electron chi connectivity index (χ0n) is 20.4. The van der Waals surface area contributed by atoms with Gasteiger partial charge in [-0.1, -0.05) is 12.1 Å². The Hall–Kier alpha value is -3.43. The molecule has 0 aliphatic carbocycles. The molecular formula is C25H30ClN7O2. The molecule has 0 radical (unpaired) electrons. The van der Waals surface area contributed by atoms with Gasteiger partial charge in [-0.3, -0.25) is 4.79 Å².